The van der Waals surface area contributed by atoms with Crippen molar-refractivity contribution < 1.29 is 9.47 Å². The quantitative estimate of drug-likeness (QED) is 0.541. The molecule has 0 aliphatic heterocycles. The molecule has 0 amide bonds. The highest BCUT2D eigenvalue weighted by Gasteiger charge is 2.03. The molecule has 0 unspecified atom stereocenters. The third-order valence-electron chi connectivity index (χ3n) is 4.55. The van der Waals surface area contributed by atoms with Gasteiger partial charge in [-0.1, -0.05) is 24.3 Å². The van der Waals surface area contributed by atoms with E-state index < -0.39 is 0 Å². The van der Waals surface area contributed by atoms with E-state index in [9.17, 15) is 0 Å². The number of nitrogens with zero attached hydrogens (tertiary/aromatic N) is 2. The van der Waals surface area contributed by atoms with E-state index in [0.717, 1.165) is 54.9 Å². The smallest absolute Gasteiger partial charge is 0.131 e. The molecule has 0 aliphatic carbocycles. The Balaban J connectivity index is 1.52. The molecule has 1 aromatic heterocycles. The molecule has 0 spiro atoms. The fourth-order valence-corrected chi connectivity index (χ4v) is 3.07. The molecule has 0 fully saturated rings. The van der Waals surface area contributed by atoms with Gasteiger partial charge in [-0.05, 0) is 55.2 Å². The molecule has 0 saturated heterocycles. The van der Waals surface area contributed by atoms with Crippen LogP contribution in [0.2, 0.25) is 0 Å². The lowest BCUT2D eigenvalue weighted by Gasteiger charge is -2.11. The first-order valence-electron chi connectivity index (χ1n) is 9.75. The number of benzene rings is 2. The molecular weight excluding hydrogens is 364 g/mol. The molecular formula is C23H28N4O2. The number of ether oxygens (including phenoxy) is 2. The Morgan fingerprint density at radius 1 is 0.724 bits per heavy atom. The second-order valence-electron chi connectivity index (χ2n) is 6.74. The van der Waals surface area contributed by atoms with Crippen molar-refractivity contribution in [1.82, 2.24) is 9.97 Å². The van der Waals surface area contributed by atoms with Gasteiger partial charge in [-0.3, -0.25) is 0 Å². The van der Waals surface area contributed by atoms with Crippen LogP contribution in [0.4, 0.5) is 11.6 Å². The van der Waals surface area contributed by atoms with Gasteiger partial charge in [-0.15, -0.1) is 0 Å². The second-order valence-corrected chi connectivity index (χ2v) is 6.74. The van der Waals surface area contributed by atoms with Crippen LogP contribution in [0.5, 0.6) is 11.5 Å². The number of nitrogens with one attached hydrogen (secondary N) is 2. The fourth-order valence-electron chi connectivity index (χ4n) is 3.07. The molecule has 152 valence electrons. The van der Waals surface area contributed by atoms with Crippen LogP contribution in [0.15, 0.2) is 54.6 Å². The van der Waals surface area contributed by atoms with Gasteiger partial charge in [0.1, 0.15) is 29.0 Å². The number of methoxy groups -OCH3 is 2. The second kappa shape index (κ2) is 10.3. The summed E-state index contributed by atoms with van der Waals surface area (Å²) in [4.78, 5) is 8.97. The summed E-state index contributed by atoms with van der Waals surface area (Å²) in [6.07, 6.45) is 1.78. The molecule has 0 saturated carbocycles. The normalized spacial score (nSPS) is 10.4. The molecule has 2 N–H and O–H groups in total. The number of aromatic nitrogens is 2. The SMILES string of the molecule is COc1cccc(CCNc2cc(NCCc3cccc(OC)c3)nc(C)n2)c1. The molecule has 0 aliphatic rings. The Morgan fingerprint density at radius 2 is 1.21 bits per heavy atom. The maximum Gasteiger partial charge on any atom is 0.131 e. The molecule has 29 heavy (non-hydrogen) atoms. The van der Waals surface area contributed by atoms with E-state index in [4.69, 9.17) is 9.47 Å². The third-order valence-corrected chi connectivity index (χ3v) is 4.55. The lowest BCUT2D eigenvalue weighted by atomic mass is 10.1. The van der Waals surface area contributed by atoms with Gasteiger partial charge in [0.2, 0.25) is 0 Å². The van der Waals surface area contributed by atoms with Crippen molar-refractivity contribution in [3.05, 3.63) is 71.5 Å². The van der Waals surface area contributed by atoms with E-state index in [0.29, 0.717) is 0 Å². The van der Waals surface area contributed by atoms with Crippen molar-refractivity contribution in [1.29, 1.82) is 0 Å². The molecule has 0 radical (unpaired) electrons. The zero-order valence-corrected chi connectivity index (χ0v) is 17.2. The molecule has 1 heterocycles. The summed E-state index contributed by atoms with van der Waals surface area (Å²) >= 11 is 0. The van der Waals surface area contributed by atoms with Gasteiger partial charge in [0.25, 0.3) is 0 Å². The lowest BCUT2D eigenvalue weighted by Crippen LogP contribution is -2.11. The minimum absolute atomic E-state index is 0.736. The van der Waals surface area contributed by atoms with Crippen LogP contribution in [-0.4, -0.2) is 37.3 Å². The van der Waals surface area contributed by atoms with Gasteiger partial charge in [0.05, 0.1) is 14.2 Å². The van der Waals surface area contributed by atoms with E-state index in [2.05, 4.69) is 44.9 Å². The van der Waals surface area contributed by atoms with Crippen LogP contribution in [0, 0.1) is 6.92 Å². The van der Waals surface area contributed by atoms with E-state index >= 15 is 0 Å². The highest BCUT2D eigenvalue weighted by atomic mass is 16.5. The summed E-state index contributed by atoms with van der Waals surface area (Å²) in [5.41, 5.74) is 2.44. The lowest BCUT2D eigenvalue weighted by molar-refractivity contribution is 0.414. The summed E-state index contributed by atoms with van der Waals surface area (Å²) in [7, 11) is 3.37. The number of aryl methyl sites for hydroxylation is 1. The Labute approximate surface area is 172 Å². The first kappa shape index (κ1) is 20.5. The average molecular weight is 393 g/mol. The van der Waals surface area contributed by atoms with Crippen molar-refractivity contribution in [2.75, 3.05) is 37.9 Å². The molecule has 6 heteroatoms. The van der Waals surface area contributed by atoms with E-state index in [1.165, 1.54) is 11.1 Å². The minimum atomic E-state index is 0.736. The van der Waals surface area contributed by atoms with Crippen LogP contribution in [0.25, 0.3) is 0 Å². The monoisotopic (exact) mass is 392 g/mol. The van der Waals surface area contributed by atoms with Crippen LogP contribution in [-0.2, 0) is 12.8 Å². The highest BCUT2D eigenvalue weighted by molar-refractivity contribution is 5.47. The Kier molecular flexibility index (Phi) is 7.28. The first-order valence-corrected chi connectivity index (χ1v) is 9.75. The zero-order valence-electron chi connectivity index (χ0n) is 17.2. The number of hydrogen-bond acceptors (Lipinski definition) is 6. The van der Waals surface area contributed by atoms with Crippen LogP contribution in [0.3, 0.4) is 0 Å². The Hall–Kier alpha value is -3.28. The number of rotatable bonds is 10. The average Bonchev–Trinajstić information content (AvgIpc) is 2.74. The standard InChI is InChI=1S/C23H28N4O2/c1-17-26-22(24-12-10-18-6-4-8-20(14-18)28-2)16-23(27-17)25-13-11-19-7-5-9-21(15-19)29-3/h4-9,14-16H,10-13H2,1-3H3,(H2,24,25,26,27). The van der Waals surface area contributed by atoms with Crippen molar-refractivity contribution in [3.63, 3.8) is 0 Å². The van der Waals surface area contributed by atoms with Crippen LogP contribution < -0.4 is 20.1 Å². The largest absolute Gasteiger partial charge is 0.497 e. The number of hydrogen-bond donors (Lipinski definition) is 2. The Bertz CT molecular complexity index is 859. The van der Waals surface area contributed by atoms with E-state index in [1.807, 2.05) is 37.3 Å². The van der Waals surface area contributed by atoms with Crippen molar-refractivity contribution in [3.8, 4) is 11.5 Å². The fraction of sp³-hybridized carbons (Fsp3) is 0.304. The molecule has 3 aromatic rings. The molecule has 0 bridgehead atoms. The Morgan fingerprint density at radius 3 is 1.66 bits per heavy atom. The third kappa shape index (κ3) is 6.38. The predicted octanol–water partition coefficient (Wildman–Crippen LogP) is 4.11. The maximum absolute atomic E-state index is 5.28. The highest BCUT2D eigenvalue weighted by Crippen LogP contribution is 2.16. The summed E-state index contributed by atoms with van der Waals surface area (Å²) in [5.74, 6) is 4.14. The van der Waals surface area contributed by atoms with Gasteiger partial charge in [0, 0.05) is 19.2 Å². The summed E-state index contributed by atoms with van der Waals surface area (Å²) in [5, 5.41) is 6.77. The summed E-state index contributed by atoms with van der Waals surface area (Å²) in [6, 6.07) is 18.2. The van der Waals surface area contributed by atoms with E-state index in [-0.39, 0.29) is 0 Å². The topological polar surface area (TPSA) is 68.3 Å². The van der Waals surface area contributed by atoms with Gasteiger partial charge >= 0.3 is 0 Å². The minimum Gasteiger partial charge on any atom is -0.497 e. The van der Waals surface area contributed by atoms with Crippen LogP contribution >= 0.6 is 0 Å². The van der Waals surface area contributed by atoms with E-state index in [1.54, 1.807) is 14.2 Å². The van der Waals surface area contributed by atoms with Crippen molar-refractivity contribution in [2.24, 2.45) is 0 Å². The van der Waals surface area contributed by atoms with Gasteiger partial charge in [-0.2, -0.15) is 0 Å². The maximum atomic E-state index is 5.28. The summed E-state index contributed by atoms with van der Waals surface area (Å²) in [6.45, 7) is 3.47. The first-order chi connectivity index (χ1) is 14.2. The zero-order chi connectivity index (χ0) is 20.5. The molecule has 6 nitrogen and oxygen atoms in total. The molecule has 0 atom stereocenters. The summed E-state index contributed by atoms with van der Waals surface area (Å²) < 4.78 is 10.6. The van der Waals surface area contributed by atoms with Gasteiger partial charge in [-0.25, -0.2) is 9.97 Å². The van der Waals surface area contributed by atoms with Crippen LogP contribution in [0.1, 0.15) is 17.0 Å². The van der Waals surface area contributed by atoms with Crippen molar-refractivity contribution in [2.45, 2.75) is 19.8 Å². The number of anilines is 2. The predicted molar refractivity (Wildman–Crippen MR) is 117 cm³/mol. The molecule has 3 rings (SSSR count). The van der Waals surface area contributed by atoms with Gasteiger partial charge in [0.15, 0.2) is 0 Å². The van der Waals surface area contributed by atoms with Crippen molar-refractivity contribution >= 4 is 11.6 Å². The van der Waals surface area contributed by atoms with Gasteiger partial charge < -0.3 is 20.1 Å². The molecule has 2 aromatic carbocycles.